The summed E-state index contributed by atoms with van der Waals surface area (Å²) in [5, 5.41) is 10.7. The highest BCUT2D eigenvalue weighted by Crippen LogP contribution is 2.44. The van der Waals surface area contributed by atoms with Crippen LogP contribution in [-0.2, 0) is 11.3 Å². The molecule has 1 aliphatic heterocycles. The van der Waals surface area contributed by atoms with Gasteiger partial charge in [0.15, 0.2) is 33.6 Å². The first-order valence-corrected chi connectivity index (χ1v) is 11.3. The summed E-state index contributed by atoms with van der Waals surface area (Å²) in [6, 6.07) is 6.04. The molecule has 12 heteroatoms. The molecule has 1 saturated carbocycles. The highest BCUT2D eigenvalue weighted by atomic mass is 32.2. The smallest absolute Gasteiger partial charge is 0.231 e. The number of aryl methyl sites for hydroxylation is 1. The van der Waals surface area contributed by atoms with Crippen LogP contribution in [0.15, 0.2) is 40.8 Å². The van der Waals surface area contributed by atoms with Crippen LogP contribution in [0.2, 0.25) is 0 Å². The molecule has 1 aliphatic carbocycles. The fourth-order valence-corrected chi connectivity index (χ4v) is 4.74. The van der Waals surface area contributed by atoms with Crippen LogP contribution < -0.4 is 20.5 Å². The van der Waals surface area contributed by atoms with Crippen LogP contribution in [0.25, 0.3) is 22.4 Å². The van der Waals surface area contributed by atoms with E-state index in [0.29, 0.717) is 52.6 Å². The Morgan fingerprint density at radius 2 is 2.12 bits per heavy atom. The average Bonchev–Trinajstić information content (AvgIpc) is 3.20. The number of nitrogens with zero attached hydrogens (tertiary/aromatic N) is 5. The number of fused-ring (bicyclic) bond motifs is 2. The Labute approximate surface area is 192 Å². The Kier molecular flexibility index (Phi) is 4.79. The molecule has 0 bridgehead atoms. The number of hydrogen-bond acceptors (Lipinski definition) is 9. The van der Waals surface area contributed by atoms with Crippen molar-refractivity contribution in [1.29, 1.82) is 0 Å². The summed E-state index contributed by atoms with van der Waals surface area (Å²) in [6.45, 7) is 0.588. The van der Waals surface area contributed by atoms with Crippen LogP contribution in [0.1, 0.15) is 19.3 Å². The van der Waals surface area contributed by atoms with Crippen LogP contribution in [0.3, 0.4) is 0 Å². The summed E-state index contributed by atoms with van der Waals surface area (Å²) in [5.74, 6) is 1.64. The molecule has 33 heavy (non-hydrogen) atoms. The van der Waals surface area contributed by atoms with Gasteiger partial charge in [-0.3, -0.25) is 9.89 Å². The minimum atomic E-state index is 0.0126. The number of H-pyrrole nitrogens is 1. The second-order valence-corrected chi connectivity index (χ2v) is 8.85. The maximum atomic E-state index is 12.3. The fourth-order valence-electron chi connectivity index (χ4n) is 3.68. The number of nitrogens with two attached hydrogens (primary N) is 1. The number of carbonyl (C=O) groups excluding carboxylic acids is 1. The van der Waals surface area contributed by atoms with E-state index in [9.17, 15) is 4.79 Å². The number of aromatic nitrogens is 6. The lowest BCUT2D eigenvalue weighted by Gasteiger charge is -2.11. The van der Waals surface area contributed by atoms with Crippen LogP contribution in [0.4, 0.5) is 5.82 Å². The van der Waals surface area contributed by atoms with Crippen molar-refractivity contribution in [3.63, 3.8) is 0 Å². The maximum Gasteiger partial charge on any atom is 0.231 e. The van der Waals surface area contributed by atoms with Gasteiger partial charge in [0.2, 0.25) is 12.7 Å². The first-order chi connectivity index (χ1) is 16.2. The van der Waals surface area contributed by atoms with Crippen molar-refractivity contribution in [3.05, 3.63) is 30.7 Å². The number of hydrogen-bond donors (Lipinski definition) is 3. The monoisotopic (exact) mass is 464 g/mol. The van der Waals surface area contributed by atoms with Gasteiger partial charge in [-0.15, -0.1) is 0 Å². The van der Waals surface area contributed by atoms with Gasteiger partial charge in [0.1, 0.15) is 6.33 Å². The van der Waals surface area contributed by atoms with Crippen molar-refractivity contribution < 1.29 is 14.3 Å². The van der Waals surface area contributed by atoms with Crippen molar-refractivity contribution in [1.82, 2.24) is 35.0 Å². The largest absolute Gasteiger partial charge is 0.454 e. The molecule has 168 valence electrons. The summed E-state index contributed by atoms with van der Waals surface area (Å²) in [4.78, 5) is 26.4. The van der Waals surface area contributed by atoms with Gasteiger partial charge in [-0.1, -0.05) is 11.8 Å². The number of aromatic amines is 1. The second kappa shape index (κ2) is 7.96. The van der Waals surface area contributed by atoms with E-state index in [-0.39, 0.29) is 12.7 Å². The van der Waals surface area contributed by atoms with Crippen molar-refractivity contribution in [3.8, 4) is 22.8 Å². The van der Waals surface area contributed by atoms with Gasteiger partial charge in [0, 0.05) is 35.7 Å². The normalized spacial score (nSPS) is 14.7. The van der Waals surface area contributed by atoms with E-state index >= 15 is 0 Å². The van der Waals surface area contributed by atoms with E-state index in [2.05, 4.69) is 25.5 Å². The lowest BCUT2D eigenvalue weighted by atomic mass is 10.1. The highest BCUT2D eigenvalue weighted by Gasteiger charge is 2.25. The van der Waals surface area contributed by atoms with E-state index in [4.69, 9.17) is 20.2 Å². The lowest BCUT2D eigenvalue weighted by molar-refractivity contribution is -0.121. The summed E-state index contributed by atoms with van der Waals surface area (Å²) in [7, 11) is 0. The number of benzene rings is 1. The lowest BCUT2D eigenvalue weighted by Crippen LogP contribution is -2.26. The summed E-state index contributed by atoms with van der Waals surface area (Å²) in [6.07, 6.45) is 5.51. The van der Waals surface area contributed by atoms with Gasteiger partial charge in [0.05, 0.1) is 5.69 Å². The van der Waals surface area contributed by atoms with E-state index in [1.54, 1.807) is 6.20 Å². The minimum Gasteiger partial charge on any atom is -0.454 e. The third kappa shape index (κ3) is 3.82. The third-order valence-corrected chi connectivity index (χ3v) is 6.55. The number of anilines is 1. The summed E-state index contributed by atoms with van der Waals surface area (Å²) < 4.78 is 13.1. The molecule has 3 aromatic heterocycles. The fraction of sp³-hybridized carbons (Fsp3) is 0.286. The van der Waals surface area contributed by atoms with Crippen molar-refractivity contribution in [2.75, 3.05) is 12.5 Å². The van der Waals surface area contributed by atoms with Crippen LogP contribution in [0, 0.1) is 0 Å². The molecule has 4 aromatic rings. The van der Waals surface area contributed by atoms with Crippen LogP contribution in [0.5, 0.6) is 11.5 Å². The molecule has 2 aliphatic rings. The van der Waals surface area contributed by atoms with Gasteiger partial charge < -0.3 is 25.1 Å². The van der Waals surface area contributed by atoms with Crippen LogP contribution in [-0.4, -0.2) is 48.5 Å². The van der Waals surface area contributed by atoms with Gasteiger partial charge in [-0.05, 0) is 31.0 Å². The Morgan fingerprint density at radius 3 is 2.91 bits per heavy atom. The maximum absolute atomic E-state index is 12.3. The molecular formula is C21H20N8O3S. The molecule has 4 heterocycles. The van der Waals surface area contributed by atoms with E-state index in [1.807, 2.05) is 22.8 Å². The molecule has 0 unspecified atom stereocenters. The van der Waals surface area contributed by atoms with Gasteiger partial charge in [-0.2, -0.15) is 5.10 Å². The number of ether oxygens (including phenoxy) is 2. The standard InChI is InChI=1S/C21H20N8O3S/c22-19-18-20(24-9-23-19)29(6-4-17(30)26-11-1-2-11)21(27-18)33-16-8-15-14(31-10-32-15)7-12(16)13-3-5-25-28-13/h3,5,7-9,11H,1-2,4,6,10H2,(H,25,28)(H,26,30)(H2,22,23,24). The second-order valence-electron chi connectivity index (χ2n) is 7.84. The number of nitrogen functional groups attached to an aromatic ring is 1. The SMILES string of the molecule is Nc1ncnc2c1nc(Sc1cc3c(cc1-c1ccn[nH]1)OCO3)n2CCC(=O)NC1CC1. The predicted octanol–water partition coefficient (Wildman–Crippen LogP) is 2.35. The van der Waals surface area contributed by atoms with Gasteiger partial charge >= 0.3 is 0 Å². The minimum absolute atomic E-state index is 0.0126. The first-order valence-electron chi connectivity index (χ1n) is 10.5. The van der Waals surface area contributed by atoms with Crippen molar-refractivity contribution >= 4 is 34.7 Å². The zero-order valence-corrected chi connectivity index (χ0v) is 18.3. The zero-order valence-electron chi connectivity index (χ0n) is 17.4. The molecule has 11 nitrogen and oxygen atoms in total. The average molecular weight is 465 g/mol. The number of amides is 1. The zero-order chi connectivity index (χ0) is 22.4. The quantitative estimate of drug-likeness (QED) is 0.375. The molecular weight excluding hydrogens is 444 g/mol. The van der Waals surface area contributed by atoms with E-state index in [1.165, 1.54) is 18.1 Å². The number of carbonyl (C=O) groups is 1. The summed E-state index contributed by atoms with van der Waals surface area (Å²) >= 11 is 1.43. The molecule has 1 amide bonds. The number of nitrogens with one attached hydrogen (secondary N) is 2. The van der Waals surface area contributed by atoms with Crippen molar-refractivity contribution in [2.24, 2.45) is 0 Å². The third-order valence-electron chi connectivity index (χ3n) is 5.50. The number of imidazole rings is 1. The van der Waals surface area contributed by atoms with Crippen molar-refractivity contribution in [2.45, 2.75) is 41.9 Å². The molecule has 1 fully saturated rings. The highest BCUT2D eigenvalue weighted by molar-refractivity contribution is 7.99. The molecule has 4 N–H and O–H groups in total. The molecule has 6 rings (SSSR count). The number of rotatable bonds is 7. The Balaban J connectivity index is 1.39. The predicted molar refractivity (Wildman–Crippen MR) is 120 cm³/mol. The molecule has 1 aromatic carbocycles. The molecule has 0 saturated heterocycles. The Hall–Kier alpha value is -3.80. The van der Waals surface area contributed by atoms with E-state index in [0.717, 1.165) is 29.0 Å². The summed E-state index contributed by atoms with van der Waals surface area (Å²) in [5.41, 5.74) is 8.90. The Morgan fingerprint density at radius 1 is 1.27 bits per heavy atom. The molecule has 0 atom stereocenters. The topological polar surface area (TPSA) is 146 Å². The van der Waals surface area contributed by atoms with Gasteiger partial charge in [-0.25, -0.2) is 15.0 Å². The Bertz CT molecular complexity index is 1350. The van der Waals surface area contributed by atoms with Gasteiger partial charge in [0.25, 0.3) is 0 Å². The van der Waals surface area contributed by atoms with E-state index < -0.39 is 0 Å². The molecule has 0 radical (unpaired) electrons. The first kappa shape index (κ1) is 19.9. The molecule has 0 spiro atoms. The van der Waals surface area contributed by atoms with Crippen LogP contribution >= 0.6 is 11.8 Å².